The maximum Gasteiger partial charge on any atom is 0.262 e. The molecule has 0 saturated heterocycles. The molecule has 1 N–H and O–H groups in total. The number of thiazole rings is 1. The second kappa shape index (κ2) is 7.78. The molecule has 0 aliphatic rings. The standard InChI is InChI=1S/C22H19N3O2S/c1-14-8-9-19(15(2)11-14)27-13-20(26)24-17-6-3-5-16(12-17)21-25-18-7-4-10-23-22(18)28-21/h3-12H,13H2,1-2H3,(H,24,26). The van der Waals surface area contributed by atoms with Crippen LogP contribution in [0.15, 0.2) is 60.8 Å². The quantitative estimate of drug-likeness (QED) is 0.522. The van der Waals surface area contributed by atoms with Crippen molar-refractivity contribution < 1.29 is 9.53 Å². The number of nitrogens with zero attached hydrogens (tertiary/aromatic N) is 2. The highest BCUT2D eigenvalue weighted by molar-refractivity contribution is 7.21. The van der Waals surface area contributed by atoms with E-state index in [0.717, 1.165) is 37.8 Å². The third-order valence-corrected chi connectivity index (χ3v) is 5.28. The normalized spacial score (nSPS) is 10.8. The zero-order chi connectivity index (χ0) is 19.5. The van der Waals surface area contributed by atoms with E-state index in [4.69, 9.17) is 4.74 Å². The highest BCUT2D eigenvalue weighted by Gasteiger charge is 2.09. The van der Waals surface area contributed by atoms with E-state index >= 15 is 0 Å². The van der Waals surface area contributed by atoms with Crippen LogP contribution in [0.25, 0.3) is 20.9 Å². The van der Waals surface area contributed by atoms with E-state index in [1.807, 2.05) is 68.4 Å². The first-order valence-electron chi connectivity index (χ1n) is 8.90. The molecule has 0 fully saturated rings. The first kappa shape index (κ1) is 18.1. The molecule has 6 heteroatoms. The average molecular weight is 389 g/mol. The molecule has 140 valence electrons. The van der Waals surface area contributed by atoms with Crippen molar-refractivity contribution in [2.75, 3.05) is 11.9 Å². The summed E-state index contributed by atoms with van der Waals surface area (Å²) in [6, 6.07) is 17.3. The number of carbonyl (C=O) groups excluding carboxylic acids is 1. The number of benzene rings is 2. The van der Waals surface area contributed by atoms with Gasteiger partial charge in [-0.1, -0.05) is 41.2 Å². The molecule has 0 unspecified atom stereocenters. The molecule has 4 aromatic rings. The molecule has 2 aromatic heterocycles. The van der Waals surface area contributed by atoms with Gasteiger partial charge in [0.2, 0.25) is 0 Å². The lowest BCUT2D eigenvalue weighted by Crippen LogP contribution is -2.20. The summed E-state index contributed by atoms with van der Waals surface area (Å²) >= 11 is 1.53. The van der Waals surface area contributed by atoms with Gasteiger partial charge in [0.25, 0.3) is 5.91 Å². The number of amides is 1. The Balaban J connectivity index is 1.44. The fourth-order valence-electron chi connectivity index (χ4n) is 2.92. The number of hydrogen-bond acceptors (Lipinski definition) is 5. The number of aryl methyl sites for hydroxylation is 2. The van der Waals surface area contributed by atoms with E-state index < -0.39 is 0 Å². The average Bonchev–Trinajstić information content (AvgIpc) is 3.12. The molecule has 28 heavy (non-hydrogen) atoms. The molecular weight excluding hydrogens is 370 g/mol. The van der Waals surface area contributed by atoms with Crippen molar-refractivity contribution in [3.63, 3.8) is 0 Å². The summed E-state index contributed by atoms with van der Waals surface area (Å²) < 4.78 is 5.65. The van der Waals surface area contributed by atoms with Crippen molar-refractivity contribution in [2.24, 2.45) is 0 Å². The monoisotopic (exact) mass is 389 g/mol. The highest BCUT2D eigenvalue weighted by Crippen LogP contribution is 2.30. The first-order chi connectivity index (χ1) is 13.6. The van der Waals surface area contributed by atoms with E-state index in [1.165, 1.54) is 11.3 Å². The van der Waals surface area contributed by atoms with E-state index in [0.29, 0.717) is 5.69 Å². The van der Waals surface area contributed by atoms with Gasteiger partial charge < -0.3 is 10.1 Å². The van der Waals surface area contributed by atoms with Crippen molar-refractivity contribution in [3.05, 3.63) is 71.9 Å². The summed E-state index contributed by atoms with van der Waals surface area (Å²) in [4.78, 5) is 22.1. The van der Waals surface area contributed by atoms with Gasteiger partial charge in [-0.05, 0) is 49.7 Å². The number of pyridine rings is 1. The zero-order valence-corrected chi connectivity index (χ0v) is 16.4. The Hall–Kier alpha value is -3.25. The fraction of sp³-hybridized carbons (Fsp3) is 0.136. The third-order valence-electron chi connectivity index (χ3n) is 4.25. The Labute approximate surface area is 167 Å². The minimum Gasteiger partial charge on any atom is -0.483 e. The van der Waals surface area contributed by atoms with Crippen LogP contribution in [0.1, 0.15) is 11.1 Å². The first-order valence-corrected chi connectivity index (χ1v) is 9.72. The van der Waals surface area contributed by atoms with E-state index in [1.54, 1.807) is 6.20 Å². The summed E-state index contributed by atoms with van der Waals surface area (Å²) in [7, 11) is 0. The van der Waals surface area contributed by atoms with Crippen LogP contribution in [0.4, 0.5) is 5.69 Å². The molecule has 4 rings (SSSR count). The Morgan fingerprint density at radius 2 is 2.00 bits per heavy atom. The largest absolute Gasteiger partial charge is 0.483 e. The van der Waals surface area contributed by atoms with E-state index in [-0.39, 0.29) is 12.5 Å². The number of carbonyl (C=O) groups is 1. The summed E-state index contributed by atoms with van der Waals surface area (Å²) in [5.74, 6) is 0.513. The van der Waals surface area contributed by atoms with Crippen LogP contribution < -0.4 is 10.1 Å². The van der Waals surface area contributed by atoms with Crippen LogP contribution in [-0.2, 0) is 4.79 Å². The van der Waals surface area contributed by atoms with Gasteiger partial charge in [0.15, 0.2) is 6.61 Å². The second-order valence-electron chi connectivity index (χ2n) is 6.53. The maximum absolute atomic E-state index is 12.3. The fourth-order valence-corrected chi connectivity index (χ4v) is 3.83. The molecule has 0 aliphatic carbocycles. The Morgan fingerprint density at radius 3 is 2.82 bits per heavy atom. The lowest BCUT2D eigenvalue weighted by Gasteiger charge is -2.10. The van der Waals surface area contributed by atoms with E-state index in [2.05, 4.69) is 15.3 Å². The molecule has 0 radical (unpaired) electrons. The van der Waals surface area contributed by atoms with Gasteiger partial charge in [-0.25, -0.2) is 9.97 Å². The topological polar surface area (TPSA) is 64.1 Å². The number of hydrogen-bond donors (Lipinski definition) is 1. The molecule has 5 nitrogen and oxygen atoms in total. The Bertz CT molecular complexity index is 1120. The molecule has 0 saturated carbocycles. The molecule has 1 amide bonds. The van der Waals surface area contributed by atoms with Crippen molar-refractivity contribution in [2.45, 2.75) is 13.8 Å². The Morgan fingerprint density at radius 1 is 1.11 bits per heavy atom. The molecular formula is C22H19N3O2S. The lowest BCUT2D eigenvalue weighted by molar-refractivity contribution is -0.118. The highest BCUT2D eigenvalue weighted by atomic mass is 32.1. The number of fused-ring (bicyclic) bond motifs is 1. The van der Waals surface area contributed by atoms with Crippen molar-refractivity contribution in [1.29, 1.82) is 0 Å². The molecule has 2 aromatic carbocycles. The SMILES string of the molecule is Cc1ccc(OCC(=O)Nc2cccc(-c3nc4cccnc4s3)c2)c(C)c1. The van der Waals surface area contributed by atoms with Gasteiger partial charge >= 0.3 is 0 Å². The van der Waals surface area contributed by atoms with Crippen LogP contribution >= 0.6 is 11.3 Å². The third kappa shape index (κ3) is 4.02. The summed E-state index contributed by atoms with van der Waals surface area (Å²) in [5, 5.41) is 3.76. The minimum atomic E-state index is -0.205. The number of anilines is 1. The van der Waals surface area contributed by atoms with Crippen LogP contribution in [0, 0.1) is 13.8 Å². The predicted molar refractivity (Wildman–Crippen MR) is 113 cm³/mol. The lowest BCUT2D eigenvalue weighted by atomic mass is 10.1. The Kier molecular flexibility index (Phi) is 5.04. The molecule has 0 spiro atoms. The molecule has 0 aliphatic heterocycles. The van der Waals surface area contributed by atoms with Gasteiger partial charge in [-0.2, -0.15) is 0 Å². The van der Waals surface area contributed by atoms with Gasteiger partial charge in [0.05, 0.1) is 0 Å². The van der Waals surface area contributed by atoms with Gasteiger partial charge in [-0.3, -0.25) is 4.79 Å². The maximum atomic E-state index is 12.3. The summed E-state index contributed by atoms with van der Waals surface area (Å²) in [6.45, 7) is 3.95. The van der Waals surface area contributed by atoms with Crippen molar-refractivity contribution in [1.82, 2.24) is 9.97 Å². The van der Waals surface area contributed by atoms with Gasteiger partial charge in [0.1, 0.15) is 21.1 Å². The number of aromatic nitrogens is 2. The van der Waals surface area contributed by atoms with Crippen LogP contribution in [0.5, 0.6) is 5.75 Å². The van der Waals surface area contributed by atoms with Crippen LogP contribution in [0.2, 0.25) is 0 Å². The molecule has 2 heterocycles. The smallest absolute Gasteiger partial charge is 0.262 e. The number of rotatable bonds is 5. The summed E-state index contributed by atoms with van der Waals surface area (Å²) in [5.41, 5.74) is 4.70. The van der Waals surface area contributed by atoms with Crippen LogP contribution in [0.3, 0.4) is 0 Å². The molecule has 0 atom stereocenters. The zero-order valence-electron chi connectivity index (χ0n) is 15.6. The minimum absolute atomic E-state index is 0.0425. The predicted octanol–water partition coefficient (Wildman–Crippen LogP) is 4.99. The van der Waals surface area contributed by atoms with Crippen molar-refractivity contribution >= 4 is 33.3 Å². The summed E-state index contributed by atoms with van der Waals surface area (Å²) in [6.07, 6.45) is 1.76. The molecule has 0 bridgehead atoms. The van der Waals surface area contributed by atoms with Crippen molar-refractivity contribution in [3.8, 4) is 16.3 Å². The van der Waals surface area contributed by atoms with E-state index in [9.17, 15) is 4.79 Å². The van der Waals surface area contributed by atoms with Crippen LogP contribution in [-0.4, -0.2) is 22.5 Å². The number of ether oxygens (including phenoxy) is 1. The second-order valence-corrected chi connectivity index (χ2v) is 7.51. The van der Waals surface area contributed by atoms with Gasteiger partial charge in [0, 0.05) is 17.4 Å². The van der Waals surface area contributed by atoms with Gasteiger partial charge in [-0.15, -0.1) is 0 Å². The number of nitrogens with one attached hydrogen (secondary N) is 1.